The summed E-state index contributed by atoms with van der Waals surface area (Å²) in [4.78, 5) is 59.1. The number of Topliss-reactive ketones (excluding diaryl/α,β-unsaturated/α-hetero) is 1. The highest BCUT2D eigenvalue weighted by Gasteiger charge is 2.75. The largest absolute Gasteiger partial charge is 0.453 e. The predicted molar refractivity (Wildman–Crippen MR) is 188 cm³/mol. The molecular formula is C40H58N4O6. The van der Waals surface area contributed by atoms with Crippen LogP contribution in [0.4, 0.5) is 4.79 Å². The number of ether oxygens (including phenoxy) is 1. The van der Waals surface area contributed by atoms with Crippen molar-refractivity contribution in [3.05, 3.63) is 23.3 Å². The fourth-order valence-corrected chi connectivity index (χ4v) is 12.2. The van der Waals surface area contributed by atoms with Gasteiger partial charge in [-0.15, -0.1) is 0 Å². The third-order valence-electron chi connectivity index (χ3n) is 15.6. The highest BCUT2D eigenvalue weighted by atomic mass is 16.5. The molecule has 3 saturated carbocycles. The number of hydrogen-bond acceptors (Lipinski definition) is 8. The van der Waals surface area contributed by atoms with Crippen molar-refractivity contribution in [3.63, 3.8) is 0 Å². The lowest BCUT2D eigenvalue weighted by Crippen LogP contribution is -2.74. The Hall–Kier alpha value is -3.03. The Labute approximate surface area is 298 Å². The van der Waals surface area contributed by atoms with Crippen LogP contribution in [0.5, 0.6) is 0 Å². The lowest BCUT2D eigenvalue weighted by atomic mass is 9.33. The van der Waals surface area contributed by atoms with Gasteiger partial charge in [0.2, 0.25) is 5.91 Å². The summed E-state index contributed by atoms with van der Waals surface area (Å²) in [5.74, 6) is -0.693. The van der Waals surface area contributed by atoms with E-state index in [1.165, 1.54) is 7.11 Å². The van der Waals surface area contributed by atoms with Crippen molar-refractivity contribution in [1.29, 1.82) is 5.26 Å². The van der Waals surface area contributed by atoms with Gasteiger partial charge in [-0.05, 0) is 78.8 Å². The van der Waals surface area contributed by atoms with Crippen molar-refractivity contribution in [1.82, 2.24) is 14.7 Å². The van der Waals surface area contributed by atoms with Crippen molar-refractivity contribution >= 4 is 23.6 Å². The van der Waals surface area contributed by atoms with Crippen molar-refractivity contribution in [2.75, 3.05) is 53.4 Å². The molecule has 0 spiro atoms. The summed E-state index contributed by atoms with van der Waals surface area (Å²) in [6.45, 7) is 17.9. The summed E-state index contributed by atoms with van der Waals surface area (Å²) in [7, 11) is 3.23. The normalized spacial score (nSPS) is 42.5. The Morgan fingerprint density at radius 3 is 2.24 bits per heavy atom. The molecule has 4 fully saturated rings. The molecule has 274 valence electrons. The molecule has 1 heterocycles. The van der Waals surface area contributed by atoms with Gasteiger partial charge in [-0.3, -0.25) is 19.3 Å². The number of ketones is 2. The van der Waals surface area contributed by atoms with Crippen molar-refractivity contribution in [3.8, 4) is 6.07 Å². The minimum atomic E-state index is -1.59. The first-order valence-corrected chi connectivity index (χ1v) is 18.6. The van der Waals surface area contributed by atoms with Gasteiger partial charge in [0, 0.05) is 61.9 Å². The number of carbonyl (C=O) groups excluding carboxylic acids is 4. The topological polar surface area (TPSA) is 131 Å². The molecule has 0 radical (unpaired) electrons. The van der Waals surface area contributed by atoms with E-state index in [-0.39, 0.29) is 58.4 Å². The first-order chi connectivity index (χ1) is 23.2. The summed E-state index contributed by atoms with van der Waals surface area (Å²) in [5, 5.41) is 23.2. The summed E-state index contributed by atoms with van der Waals surface area (Å²) in [6, 6.07) is 2.17. The second-order valence-corrected chi connectivity index (χ2v) is 18.7. The quantitative estimate of drug-likeness (QED) is 0.428. The van der Waals surface area contributed by atoms with E-state index in [1.807, 2.05) is 31.9 Å². The Morgan fingerprint density at radius 2 is 1.62 bits per heavy atom. The van der Waals surface area contributed by atoms with E-state index in [0.29, 0.717) is 45.6 Å². The van der Waals surface area contributed by atoms with Crippen LogP contribution >= 0.6 is 0 Å². The van der Waals surface area contributed by atoms with Crippen LogP contribution in [0, 0.1) is 55.7 Å². The van der Waals surface area contributed by atoms with Crippen molar-refractivity contribution < 1.29 is 29.0 Å². The van der Waals surface area contributed by atoms with E-state index in [1.54, 1.807) is 11.0 Å². The molecule has 0 aromatic heterocycles. The number of methoxy groups -OCH3 is 1. The molecule has 1 aliphatic heterocycles. The number of nitrogens with zero attached hydrogens (tertiary/aromatic N) is 4. The van der Waals surface area contributed by atoms with Crippen LogP contribution in [0.25, 0.3) is 0 Å². The minimum absolute atomic E-state index is 0.0239. The van der Waals surface area contributed by atoms with Gasteiger partial charge in [0.25, 0.3) is 0 Å². The number of fused-ring (bicyclic) bond motifs is 7. The molecule has 2 amide bonds. The lowest BCUT2D eigenvalue weighted by Gasteiger charge is -2.71. The fourth-order valence-electron chi connectivity index (χ4n) is 12.2. The molecule has 1 N–H and O–H groups in total. The van der Waals surface area contributed by atoms with E-state index < -0.39 is 27.3 Å². The van der Waals surface area contributed by atoms with Crippen molar-refractivity contribution in [2.24, 2.45) is 44.3 Å². The van der Waals surface area contributed by atoms with Crippen LogP contribution < -0.4 is 0 Å². The number of piperazine rings is 1. The highest BCUT2D eigenvalue weighted by Crippen LogP contribution is 2.75. The van der Waals surface area contributed by atoms with E-state index in [0.717, 1.165) is 37.7 Å². The second-order valence-electron chi connectivity index (χ2n) is 18.7. The van der Waals surface area contributed by atoms with Gasteiger partial charge in [-0.25, -0.2) is 4.79 Å². The minimum Gasteiger partial charge on any atom is -0.453 e. The second kappa shape index (κ2) is 11.7. The molecule has 6 rings (SSSR count). The SMILES string of the molecule is COC(=O)N1CCN(CC(=O)N(C)C[C@@]2(C)CC[C@]3(C)CC[C@@]4(C)[C@]5(C)CC[C@H]6C(C)(C)C(=O)C(C#N)=C[C@]6(C)C5=CC(=O)[C@]4(O)[C@@H]3C2)CC1. The molecule has 10 nitrogen and oxygen atoms in total. The first-order valence-electron chi connectivity index (χ1n) is 18.6. The Balaban J connectivity index is 1.28. The molecule has 5 aliphatic carbocycles. The number of aliphatic hydroxyl groups is 1. The predicted octanol–water partition coefficient (Wildman–Crippen LogP) is 5.16. The lowest BCUT2D eigenvalue weighted by molar-refractivity contribution is -0.243. The number of allylic oxidation sites excluding steroid dienone is 3. The molecular weight excluding hydrogens is 632 g/mol. The fraction of sp³-hybridized carbons (Fsp3) is 0.775. The van der Waals surface area contributed by atoms with E-state index in [4.69, 9.17) is 4.74 Å². The maximum absolute atomic E-state index is 14.8. The summed E-state index contributed by atoms with van der Waals surface area (Å²) >= 11 is 0. The van der Waals surface area contributed by atoms with Crippen LogP contribution in [0.1, 0.15) is 93.4 Å². The molecule has 10 heteroatoms. The van der Waals surface area contributed by atoms with E-state index in [9.17, 15) is 29.5 Å². The van der Waals surface area contributed by atoms with E-state index in [2.05, 4.69) is 45.6 Å². The standard InChI is InChI=1S/C40H58N4O6/c1-34(2)27-10-11-38(6)28(37(27,5)21-26(23-41)32(34)47)20-30(45)40(49)29-22-35(3,12-13-36(29,4)14-15-39(38,40)7)25-42(8)31(46)24-43-16-18-44(19-17-43)33(48)50-9/h20-21,27,29,49H,10-19,22,24-25H2,1-9H3/t27-,29+,35-,36+,37-,38+,39-,40+/m0/s1. The number of amides is 2. The molecule has 6 aliphatic rings. The Morgan fingerprint density at radius 1 is 0.980 bits per heavy atom. The molecule has 8 atom stereocenters. The maximum Gasteiger partial charge on any atom is 0.409 e. The van der Waals surface area contributed by atoms with Gasteiger partial charge < -0.3 is 19.6 Å². The summed E-state index contributed by atoms with van der Waals surface area (Å²) < 4.78 is 4.84. The third kappa shape index (κ3) is 4.99. The number of likely N-dealkylation sites (N-methyl/N-ethyl adjacent to an activating group) is 1. The van der Waals surface area contributed by atoms with Gasteiger partial charge in [-0.2, -0.15) is 5.26 Å². The molecule has 0 unspecified atom stereocenters. The number of rotatable bonds is 4. The highest BCUT2D eigenvalue weighted by molar-refractivity contribution is 6.05. The van der Waals surface area contributed by atoms with Gasteiger partial charge in [0.05, 0.1) is 19.2 Å². The monoisotopic (exact) mass is 690 g/mol. The Bertz CT molecular complexity index is 1600. The smallest absolute Gasteiger partial charge is 0.409 e. The Kier molecular flexibility index (Phi) is 8.63. The van der Waals surface area contributed by atoms with Crippen LogP contribution in [-0.2, 0) is 19.1 Å². The molecule has 50 heavy (non-hydrogen) atoms. The molecule has 1 saturated heterocycles. The average Bonchev–Trinajstić information content (AvgIpc) is 3.06. The molecule has 0 bridgehead atoms. The van der Waals surface area contributed by atoms with Crippen LogP contribution in [0.15, 0.2) is 23.3 Å². The third-order valence-corrected chi connectivity index (χ3v) is 15.6. The average molecular weight is 691 g/mol. The zero-order valence-corrected chi connectivity index (χ0v) is 31.8. The molecule has 0 aromatic carbocycles. The zero-order chi connectivity index (χ0) is 36.9. The number of hydrogen-bond donors (Lipinski definition) is 1. The maximum atomic E-state index is 14.8. The van der Waals surface area contributed by atoms with Crippen LogP contribution in [0.2, 0.25) is 0 Å². The van der Waals surface area contributed by atoms with Gasteiger partial charge in [0.1, 0.15) is 11.7 Å². The van der Waals surface area contributed by atoms with Gasteiger partial charge in [-0.1, -0.05) is 54.5 Å². The summed E-state index contributed by atoms with van der Waals surface area (Å²) in [6.07, 6.45) is 8.77. The van der Waals surface area contributed by atoms with E-state index >= 15 is 0 Å². The zero-order valence-electron chi connectivity index (χ0n) is 31.8. The molecule has 0 aromatic rings. The summed E-state index contributed by atoms with van der Waals surface area (Å²) in [5.41, 5.74) is -3.65. The van der Waals surface area contributed by atoms with Crippen molar-refractivity contribution in [2.45, 2.75) is 99.0 Å². The van der Waals surface area contributed by atoms with Gasteiger partial charge >= 0.3 is 6.09 Å². The first kappa shape index (κ1) is 36.8. The number of nitriles is 1. The number of carbonyl (C=O) groups is 4. The van der Waals surface area contributed by atoms with Crippen LogP contribution in [-0.4, -0.2) is 102 Å². The van der Waals surface area contributed by atoms with Crippen LogP contribution in [0.3, 0.4) is 0 Å². The van der Waals surface area contributed by atoms with Gasteiger partial charge in [0.15, 0.2) is 11.6 Å².